The molecule has 0 amide bonds. The van der Waals surface area contributed by atoms with Gasteiger partial charge in [-0.1, -0.05) is 24.8 Å². The fourth-order valence-corrected chi connectivity index (χ4v) is 4.05. The zero-order valence-corrected chi connectivity index (χ0v) is 18.9. The average Bonchev–Trinajstić information content (AvgIpc) is 3.40. The van der Waals surface area contributed by atoms with E-state index in [1.165, 1.54) is 16.7 Å². The van der Waals surface area contributed by atoms with Crippen LogP contribution in [0, 0.1) is 13.8 Å². The summed E-state index contributed by atoms with van der Waals surface area (Å²) in [6.45, 7) is 8.84. The number of allylic oxidation sites excluding steroid dienone is 4. The Labute approximate surface area is 188 Å². The van der Waals surface area contributed by atoms with E-state index in [2.05, 4.69) is 71.4 Å². The van der Waals surface area contributed by atoms with E-state index in [1.807, 2.05) is 17.8 Å². The number of nitrogens with one attached hydrogen (secondary N) is 1. The molecule has 166 valence electrons. The molecule has 2 heterocycles. The van der Waals surface area contributed by atoms with Crippen LogP contribution >= 0.6 is 0 Å². The van der Waals surface area contributed by atoms with Gasteiger partial charge >= 0.3 is 0 Å². The maximum Gasteiger partial charge on any atom is 0.268 e. The molecule has 7 heteroatoms. The molecule has 0 aliphatic heterocycles. The molecule has 2 aromatic heterocycles. The lowest BCUT2D eigenvalue weighted by Gasteiger charge is -2.12. The van der Waals surface area contributed by atoms with Crippen LogP contribution in [0.5, 0.6) is 0 Å². The van der Waals surface area contributed by atoms with Gasteiger partial charge in [-0.25, -0.2) is 0 Å². The number of hydrogen-bond donors (Lipinski definition) is 2. The molecule has 32 heavy (non-hydrogen) atoms. The van der Waals surface area contributed by atoms with Gasteiger partial charge in [0, 0.05) is 12.6 Å². The van der Waals surface area contributed by atoms with Crippen molar-refractivity contribution in [3.63, 3.8) is 0 Å². The van der Waals surface area contributed by atoms with Crippen molar-refractivity contribution in [1.82, 2.24) is 25.3 Å². The van der Waals surface area contributed by atoms with Crippen LogP contribution in [0.4, 0.5) is 0 Å². The van der Waals surface area contributed by atoms with Gasteiger partial charge in [-0.05, 0) is 80.1 Å². The standard InChI is InChI=1S/C25H29N5O2/c1-16-12-20(13-17(2)21(16)10-11-26-15-18(3)31)24-27-28-25(32-24)22-14-23(30(4)29-22)19-8-6-5-7-9-19/h6,8-9,12-14,26,31H,3,5,7,10-11,15H2,1-2,4H3. The second kappa shape index (κ2) is 9.36. The van der Waals surface area contributed by atoms with Crippen LogP contribution in [-0.2, 0) is 13.5 Å². The monoisotopic (exact) mass is 431 g/mol. The lowest BCUT2D eigenvalue weighted by atomic mass is 9.97. The third-order valence-corrected chi connectivity index (χ3v) is 5.64. The Kier molecular flexibility index (Phi) is 6.37. The van der Waals surface area contributed by atoms with Crippen LogP contribution in [0.2, 0.25) is 0 Å². The molecule has 0 fully saturated rings. The first-order chi connectivity index (χ1) is 15.4. The minimum atomic E-state index is 0.146. The van der Waals surface area contributed by atoms with E-state index in [4.69, 9.17) is 4.42 Å². The van der Waals surface area contributed by atoms with Gasteiger partial charge in [0.25, 0.3) is 5.89 Å². The van der Waals surface area contributed by atoms with E-state index in [0.29, 0.717) is 24.0 Å². The number of aryl methyl sites for hydroxylation is 3. The molecular weight excluding hydrogens is 402 g/mol. The van der Waals surface area contributed by atoms with Gasteiger partial charge in [0.05, 0.1) is 18.0 Å². The van der Waals surface area contributed by atoms with Gasteiger partial charge in [-0.3, -0.25) is 4.68 Å². The Hall–Kier alpha value is -3.45. The molecule has 0 saturated heterocycles. The van der Waals surface area contributed by atoms with Crippen LogP contribution in [0.3, 0.4) is 0 Å². The smallest absolute Gasteiger partial charge is 0.268 e. The summed E-state index contributed by atoms with van der Waals surface area (Å²) in [5, 5.41) is 25.5. The molecule has 0 bridgehead atoms. The fourth-order valence-electron chi connectivity index (χ4n) is 4.05. The zero-order chi connectivity index (χ0) is 22.7. The Bertz CT molecular complexity index is 1180. The minimum absolute atomic E-state index is 0.146. The van der Waals surface area contributed by atoms with Gasteiger partial charge in [-0.2, -0.15) is 5.10 Å². The topological polar surface area (TPSA) is 89.0 Å². The Morgan fingerprint density at radius 1 is 1.16 bits per heavy atom. The molecule has 0 unspecified atom stereocenters. The van der Waals surface area contributed by atoms with Crippen molar-refractivity contribution in [3.05, 3.63) is 71.1 Å². The molecular formula is C25H29N5O2. The largest absolute Gasteiger partial charge is 0.512 e. The van der Waals surface area contributed by atoms with Crippen LogP contribution in [-0.4, -0.2) is 38.2 Å². The van der Waals surface area contributed by atoms with E-state index < -0.39 is 0 Å². The highest BCUT2D eigenvalue weighted by Gasteiger charge is 2.17. The van der Waals surface area contributed by atoms with Gasteiger partial charge in [-0.15, -0.1) is 10.2 Å². The number of benzene rings is 1. The quantitative estimate of drug-likeness (QED) is 0.397. The highest BCUT2D eigenvalue weighted by Crippen LogP contribution is 2.29. The molecule has 3 aromatic rings. The lowest BCUT2D eigenvalue weighted by Crippen LogP contribution is -2.20. The summed E-state index contributed by atoms with van der Waals surface area (Å²) < 4.78 is 7.85. The summed E-state index contributed by atoms with van der Waals surface area (Å²) in [4.78, 5) is 0. The summed E-state index contributed by atoms with van der Waals surface area (Å²) in [7, 11) is 1.93. The van der Waals surface area contributed by atoms with Crippen LogP contribution in [0.1, 0.15) is 35.2 Å². The van der Waals surface area contributed by atoms with Crippen molar-refractivity contribution < 1.29 is 9.52 Å². The average molecular weight is 432 g/mol. The first-order valence-electron chi connectivity index (χ1n) is 10.9. The van der Waals surface area contributed by atoms with E-state index in [-0.39, 0.29) is 5.76 Å². The summed E-state index contributed by atoms with van der Waals surface area (Å²) in [5.74, 6) is 1.04. The fraction of sp³-hybridized carbons (Fsp3) is 0.320. The first kappa shape index (κ1) is 21.8. The zero-order valence-electron chi connectivity index (χ0n) is 18.9. The molecule has 0 saturated carbocycles. The van der Waals surface area contributed by atoms with Crippen molar-refractivity contribution in [2.24, 2.45) is 7.05 Å². The number of nitrogens with zero attached hydrogens (tertiary/aromatic N) is 4. The molecule has 1 aliphatic rings. The molecule has 0 radical (unpaired) electrons. The van der Waals surface area contributed by atoms with Gasteiger partial charge in [0.15, 0.2) is 0 Å². The molecule has 0 spiro atoms. The molecule has 2 N–H and O–H groups in total. The van der Waals surface area contributed by atoms with Gasteiger partial charge in [0.1, 0.15) is 5.69 Å². The second-order valence-electron chi connectivity index (χ2n) is 8.17. The Balaban J connectivity index is 1.53. The lowest BCUT2D eigenvalue weighted by molar-refractivity contribution is 0.392. The summed E-state index contributed by atoms with van der Waals surface area (Å²) >= 11 is 0. The van der Waals surface area contributed by atoms with Crippen LogP contribution in [0.15, 0.2) is 53.2 Å². The predicted octanol–water partition coefficient (Wildman–Crippen LogP) is 4.69. The summed E-state index contributed by atoms with van der Waals surface area (Å²) in [6.07, 6.45) is 9.52. The second-order valence-corrected chi connectivity index (χ2v) is 8.17. The minimum Gasteiger partial charge on any atom is -0.512 e. The van der Waals surface area contributed by atoms with Crippen molar-refractivity contribution in [3.8, 4) is 23.0 Å². The van der Waals surface area contributed by atoms with E-state index >= 15 is 0 Å². The van der Waals surface area contributed by atoms with Gasteiger partial charge in [0.2, 0.25) is 5.89 Å². The van der Waals surface area contributed by atoms with Crippen molar-refractivity contribution in [2.75, 3.05) is 13.1 Å². The Morgan fingerprint density at radius 2 is 1.91 bits per heavy atom. The number of hydrogen-bond acceptors (Lipinski definition) is 6. The highest BCUT2D eigenvalue weighted by atomic mass is 16.4. The molecule has 0 atom stereocenters. The number of rotatable bonds is 8. The molecule has 7 nitrogen and oxygen atoms in total. The number of aliphatic hydroxyl groups is 1. The number of aromatic nitrogens is 4. The summed E-state index contributed by atoms with van der Waals surface area (Å²) in [5.41, 5.74) is 7.37. The number of aliphatic hydroxyl groups excluding tert-OH is 1. The highest BCUT2D eigenvalue weighted by molar-refractivity contribution is 5.74. The third-order valence-electron chi connectivity index (χ3n) is 5.64. The predicted molar refractivity (Wildman–Crippen MR) is 126 cm³/mol. The van der Waals surface area contributed by atoms with Crippen LogP contribution < -0.4 is 5.32 Å². The normalized spacial score (nSPS) is 13.4. The maximum absolute atomic E-state index is 9.20. The molecule has 1 aromatic carbocycles. The molecule has 1 aliphatic carbocycles. The maximum atomic E-state index is 9.20. The SMILES string of the molecule is C=C(O)CNCCc1c(C)cc(-c2nnc(-c3cc(C4=CCCC=C4)n(C)n3)o2)cc1C. The van der Waals surface area contributed by atoms with Crippen molar-refractivity contribution in [2.45, 2.75) is 33.1 Å². The van der Waals surface area contributed by atoms with E-state index in [1.54, 1.807) is 0 Å². The van der Waals surface area contributed by atoms with Gasteiger partial charge < -0.3 is 14.8 Å². The third kappa shape index (κ3) is 4.73. The van der Waals surface area contributed by atoms with Crippen LogP contribution in [0.25, 0.3) is 28.6 Å². The van der Waals surface area contributed by atoms with E-state index in [9.17, 15) is 5.11 Å². The Morgan fingerprint density at radius 3 is 2.59 bits per heavy atom. The first-order valence-corrected chi connectivity index (χ1v) is 10.9. The summed E-state index contributed by atoms with van der Waals surface area (Å²) in [6, 6.07) is 6.14. The van der Waals surface area contributed by atoms with Crippen molar-refractivity contribution >= 4 is 5.57 Å². The van der Waals surface area contributed by atoms with E-state index in [0.717, 1.165) is 42.6 Å². The molecule has 4 rings (SSSR count). The van der Waals surface area contributed by atoms with Crippen molar-refractivity contribution in [1.29, 1.82) is 0 Å².